The van der Waals surface area contributed by atoms with Crippen LogP contribution in [0.1, 0.15) is 0 Å². The molecule has 0 fully saturated rings. The molecule has 23 heavy (non-hydrogen) atoms. The van der Waals surface area contributed by atoms with Gasteiger partial charge in [-0.05, 0) is 29.0 Å². The molecule has 0 saturated heterocycles. The maximum absolute atomic E-state index is 12.3. The second kappa shape index (κ2) is 4.36. The van der Waals surface area contributed by atoms with Gasteiger partial charge in [-0.15, -0.1) is 0 Å². The van der Waals surface area contributed by atoms with Crippen LogP contribution < -0.4 is 15.6 Å². The Morgan fingerprint density at radius 2 is 1.78 bits per heavy atom. The predicted octanol–water partition coefficient (Wildman–Crippen LogP) is 2.05. The lowest BCUT2D eigenvalue weighted by atomic mass is 9.96. The zero-order valence-electron chi connectivity index (χ0n) is 12.0. The van der Waals surface area contributed by atoms with E-state index >= 15 is 0 Å². The number of aromatic nitrogens is 1. The number of rotatable bonds is 1. The number of aromatic amines is 1. The van der Waals surface area contributed by atoms with E-state index in [-0.39, 0.29) is 16.6 Å². The Hall–Kier alpha value is -3.28. The maximum Gasteiger partial charge on any atom is 0.232 e. The molecule has 114 valence electrons. The molecule has 1 aromatic heterocycles. The van der Waals surface area contributed by atoms with Gasteiger partial charge in [0.1, 0.15) is 0 Å². The predicted molar refractivity (Wildman–Crippen MR) is 86.9 cm³/mol. The van der Waals surface area contributed by atoms with Gasteiger partial charge in [0.2, 0.25) is 11.3 Å². The van der Waals surface area contributed by atoms with E-state index in [4.69, 9.17) is 4.74 Å². The highest BCUT2D eigenvalue weighted by atomic mass is 16.5. The van der Waals surface area contributed by atoms with Crippen LogP contribution in [-0.2, 0) is 0 Å². The molecule has 0 aliphatic rings. The largest absolute Gasteiger partial charge is 0.503 e. The summed E-state index contributed by atoms with van der Waals surface area (Å²) in [4.78, 5) is 26.8. The third-order valence-corrected chi connectivity index (χ3v) is 4.05. The molecule has 6 nitrogen and oxygen atoms in total. The summed E-state index contributed by atoms with van der Waals surface area (Å²) >= 11 is 0. The van der Waals surface area contributed by atoms with Crippen LogP contribution in [0.2, 0.25) is 0 Å². The molecule has 0 bridgehead atoms. The average Bonchev–Trinajstić information content (AvgIpc) is 2.52. The van der Waals surface area contributed by atoms with E-state index in [9.17, 15) is 19.8 Å². The molecular weight excluding hydrogens is 298 g/mol. The summed E-state index contributed by atoms with van der Waals surface area (Å²) in [5.41, 5.74) is -0.111. The van der Waals surface area contributed by atoms with Gasteiger partial charge in [-0.25, -0.2) is 0 Å². The zero-order chi connectivity index (χ0) is 16.3. The highest BCUT2D eigenvalue weighted by Gasteiger charge is 2.19. The number of benzene rings is 3. The van der Waals surface area contributed by atoms with Gasteiger partial charge in [0, 0.05) is 22.2 Å². The normalized spacial score (nSPS) is 11.5. The summed E-state index contributed by atoms with van der Waals surface area (Å²) in [5.74, 6) is -0.750. The van der Waals surface area contributed by atoms with Crippen LogP contribution in [0.15, 0.2) is 39.9 Å². The first-order valence-corrected chi connectivity index (χ1v) is 6.86. The van der Waals surface area contributed by atoms with Gasteiger partial charge in [0.25, 0.3) is 0 Å². The second-order valence-corrected chi connectivity index (χ2v) is 5.33. The number of H-pyrrole nitrogens is 1. The van der Waals surface area contributed by atoms with Crippen molar-refractivity contribution in [2.24, 2.45) is 0 Å². The standard InChI is InChI=1S/C17H11NO5/c1-23-16-12(20)6-10-13-11(18-17(22)15(10)21)4-7-2-3-8(19)5-9(7)14(13)16/h2-6,18,21-22H,1H3. The Bertz CT molecular complexity index is 1210. The van der Waals surface area contributed by atoms with E-state index < -0.39 is 17.1 Å². The lowest BCUT2D eigenvalue weighted by molar-refractivity contribution is 0.394. The van der Waals surface area contributed by atoms with Crippen molar-refractivity contribution in [2.75, 3.05) is 7.11 Å². The van der Waals surface area contributed by atoms with Crippen molar-refractivity contribution in [1.82, 2.24) is 4.98 Å². The molecule has 4 aromatic rings. The van der Waals surface area contributed by atoms with E-state index in [1.165, 1.54) is 25.3 Å². The van der Waals surface area contributed by atoms with Crippen molar-refractivity contribution in [3.05, 3.63) is 50.8 Å². The first kappa shape index (κ1) is 13.4. The van der Waals surface area contributed by atoms with Crippen molar-refractivity contribution < 1.29 is 14.9 Å². The number of aromatic hydroxyl groups is 2. The Morgan fingerprint density at radius 3 is 2.52 bits per heavy atom. The number of ether oxygens (including phenoxy) is 1. The summed E-state index contributed by atoms with van der Waals surface area (Å²) in [6.07, 6.45) is 0. The number of hydrogen-bond acceptors (Lipinski definition) is 5. The molecule has 0 spiro atoms. The Kier molecular flexibility index (Phi) is 2.54. The quantitative estimate of drug-likeness (QED) is 0.369. The smallest absolute Gasteiger partial charge is 0.232 e. The van der Waals surface area contributed by atoms with Gasteiger partial charge in [-0.3, -0.25) is 9.59 Å². The fourth-order valence-electron chi connectivity index (χ4n) is 3.08. The maximum atomic E-state index is 12.3. The molecule has 6 heteroatoms. The number of hydrogen-bond donors (Lipinski definition) is 3. The van der Waals surface area contributed by atoms with Crippen molar-refractivity contribution in [3.8, 4) is 17.4 Å². The minimum atomic E-state index is -0.439. The molecule has 3 N–H and O–H groups in total. The molecular formula is C17H11NO5. The summed E-state index contributed by atoms with van der Waals surface area (Å²) in [6, 6.07) is 7.44. The Morgan fingerprint density at radius 1 is 1.00 bits per heavy atom. The van der Waals surface area contributed by atoms with E-state index in [1.807, 2.05) is 0 Å². The SMILES string of the molecule is COc1c(=O)cc2c(O)c(O)[nH]c3cc4ccc(=O)cc4c1c32. The summed E-state index contributed by atoms with van der Waals surface area (Å²) in [7, 11) is 1.38. The molecule has 0 aliphatic heterocycles. The zero-order valence-corrected chi connectivity index (χ0v) is 12.0. The van der Waals surface area contributed by atoms with Gasteiger partial charge >= 0.3 is 0 Å². The minimum absolute atomic E-state index is 0.0946. The van der Waals surface area contributed by atoms with Crippen molar-refractivity contribution in [1.29, 1.82) is 0 Å². The van der Waals surface area contributed by atoms with Crippen LogP contribution in [-0.4, -0.2) is 22.3 Å². The average molecular weight is 309 g/mol. The third kappa shape index (κ3) is 1.69. The summed E-state index contributed by atoms with van der Waals surface area (Å²) < 4.78 is 5.24. The molecule has 3 aromatic carbocycles. The second-order valence-electron chi connectivity index (χ2n) is 5.33. The van der Waals surface area contributed by atoms with Gasteiger partial charge in [0.05, 0.1) is 12.6 Å². The fourth-order valence-corrected chi connectivity index (χ4v) is 3.08. The fraction of sp³-hybridized carbons (Fsp3) is 0.0588. The first-order valence-electron chi connectivity index (χ1n) is 6.86. The number of nitrogens with one attached hydrogen (secondary N) is 1. The molecule has 0 unspecified atom stereocenters. The van der Waals surface area contributed by atoms with Crippen LogP contribution in [0.4, 0.5) is 0 Å². The van der Waals surface area contributed by atoms with Gasteiger partial charge in [0.15, 0.2) is 16.9 Å². The molecule has 0 aliphatic carbocycles. The van der Waals surface area contributed by atoms with Crippen LogP contribution in [0.25, 0.3) is 32.4 Å². The van der Waals surface area contributed by atoms with Crippen LogP contribution in [0, 0.1) is 0 Å². The Balaban J connectivity index is 2.48. The van der Waals surface area contributed by atoms with Crippen LogP contribution >= 0.6 is 0 Å². The summed E-state index contributed by atoms with van der Waals surface area (Å²) in [5, 5.41) is 22.4. The van der Waals surface area contributed by atoms with E-state index in [1.54, 1.807) is 12.1 Å². The van der Waals surface area contributed by atoms with Crippen molar-refractivity contribution in [3.63, 3.8) is 0 Å². The third-order valence-electron chi connectivity index (χ3n) is 4.05. The van der Waals surface area contributed by atoms with Crippen LogP contribution in [0.3, 0.4) is 0 Å². The topological polar surface area (TPSA) is 99.6 Å². The van der Waals surface area contributed by atoms with Gasteiger partial charge in [-0.2, -0.15) is 0 Å². The first-order chi connectivity index (χ1) is 11.0. The highest BCUT2D eigenvalue weighted by Crippen LogP contribution is 2.41. The Labute approximate surface area is 128 Å². The molecule has 0 saturated carbocycles. The summed E-state index contributed by atoms with van der Waals surface area (Å²) in [6.45, 7) is 0. The number of methoxy groups -OCH3 is 1. The molecule has 1 heterocycles. The van der Waals surface area contributed by atoms with Gasteiger partial charge < -0.3 is 19.9 Å². The van der Waals surface area contributed by atoms with E-state index in [0.717, 1.165) is 0 Å². The van der Waals surface area contributed by atoms with E-state index in [0.29, 0.717) is 27.1 Å². The van der Waals surface area contributed by atoms with Crippen LogP contribution in [0.5, 0.6) is 17.4 Å². The number of pyridine rings is 1. The molecule has 0 amide bonds. The molecule has 4 rings (SSSR count). The highest BCUT2D eigenvalue weighted by molar-refractivity contribution is 6.23. The lowest BCUT2D eigenvalue weighted by Gasteiger charge is -2.14. The molecule has 0 radical (unpaired) electrons. The lowest BCUT2D eigenvalue weighted by Crippen LogP contribution is -2.06. The molecule has 0 atom stereocenters. The number of fused-ring (bicyclic) bond motifs is 2. The monoisotopic (exact) mass is 309 g/mol. The van der Waals surface area contributed by atoms with Gasteiger partial charge in [-0.1, -0.05) is 6.07 Å². The van der Waals surface area contributed by atoms with Crippen molar-refractivity contribution >= 4 is 32.4 Å². The minimum Gasteiger partial charge on any atom is -0.503 e. The van der Waals surface area contributed by atoms with Crippen molar-refractivity contribution in [2.45, 2.75) is 0 Å². The van der Waals surface area contributed by atoms with E-state index in [2.05, 4.69) is 4.98 Å².